The van der Waals surface area contributed by atoms with E-state index in [1.807, 2.05) is 24.3 Å². The molecule has 2 amide bonds. The smallest absolute Gasteiger partial charge is 0.407 e. The zero-order valence-corrected chi connectivity index (χ0v) is 19.8. The number of carboxylic acid groups (broad SMARTS) is 1. The normalized spacial score (nSPS) is 21.9. The minimum absolute atomic E-state index is 0.0135. The number of hydrogen-bond donors (Lipinski definition) is 3. The van der Waals surface area contributed by atoms with E-state index in [9.17, 15) is 19.5 Å². The van der Waals surface area contributed by atoms with E-state index in [1.165, 1.54) is 22.3 Å². The minimum atomic E-state index is -0.822. The van der Waals surface area contributed by atoms with Gasteiger partial charge in [-0.05, 0) is 60.3 Å². The third-order valence-electron chi connectivity index (χ3n) is 8.07. The maximum absolute atomic E-state index is 12.6. The highest BCUT2D eigenvalue weighted by Gasteiger charge is 2.44. The van der Waals surface area contributed by atoms with Crippen molar-refractivity contribution in [3.8, 4) is 11.1 Å². The molecule has 0 heterocycles. The summed E-state index contributed by atoms with van der Waals surface area (Å²) in [4.78, 5) is 36.4. The molecule has 3 aliphatic carbocycles. The number of amides is 2. The van der Waals surface area contributed by atoms with Crippen LogP contribution in [0.4, 0.5) is 4.79 Å². The zero-order valence-electron chi connectivity index (χ0n) is 19.8. The second-order valence-electron chi connectivity index (χ2n) is 10.3. The van der Waals surface area contributed by atoms with E-state index in [1.54, 1.807) is 0 Å². The Labute approximate surface area is 205 Å². The van der Waals surface area contributed by atoms with Crippen molar-refractivity contribution in [3.05, 3.63) is 59.7 Å². The molecule has 2 atom stereocenters. The van der Waals surface area contributed by atoms with Crippen LogP contribution in [0.3, 0.4) is 0 Å². The fraction of sp³-hybridized carbons (Fsp3) is 0.464. The predicted molar refractivity (Wildman–Crippen MR) is 131 cm³/mol. The second kappa shape index (κ2) is 9.72. The molecular formula is C28H32N2O5. The lowest BCUT2D eigenvalue weighted by Gasteiger charge is -2.37. The van der Waals surface area contributed by atoms with Crippen molar-refractivity contribution in [1.82, 2.24) is 10.6 Å². The Morgan fingerprint density at radius 3 is 2.23 bits per heavy atom. The van der Waals surface area contributed by atoms with Crippen LogP contribution in [0.2, 0.25) is 0 Å². The number of alkyl carbamates (subject to hydrolysis) is 1. The van der Waals surface area contributed by atoms with Gasteiger partial charge < -0.3 is 20.5 Å². The van der Waals surface area contributed by atoms with E-state index >= 15 is 0 Å². The summed E-state index contributed by atoms with van der Waals surface area (Å²) in [6, 6.07) is 16.5. The molecule has 0 spiro atoms. The fourth-order valence-electron chi connectivity index (χ4n) is 5.87. The molecule has 3 aliphatic rings. The van der Waals surface area contributed by atoms with Crippen molar-refractivity contribution in [3.63, 3.8) is 0 Å². The van der Waals surface area contributed by atoms with Crippen LogP contribution in [0, 0.1) is 11.3 Å². The van der Waals surface area contributed by atoms with Crippen molar-refractivity contribution in [2.75, 3.05) is 13.2 Å². The molecule has 0 radical (unpaired) electrons. The first-order valence-corrected chi connectivity index (χ1v) is 12.6. The van der Waals surface area contributed by atoms with Crippen molar-refractivity contribution in [2.45, 2.75) is 56.9 Å². The molecule has 2 unspecified atom stereocenters. The molecule has 0 aromatic heterocycles. The average Bonchev–Trinajstić information content (AvgIpc) is 3.38. The number of ether oxygens (including phenoxy) is 1. The lowest BCUT2D eigenvalue weighted by atomic mass is 9.69. The van der Waals surface area contributed by atoms with Crippen LogP contribution in [0.5, 0.6) is 0 Å². The number of carbonyl (C=O) groups excluding carboxylic acids is 2. The molecule has 184 valence electrons. The average molecular weight is 477 g/mol. The van der Waals surface area contributed by atoms with Gasteiger partial charge in [0.2, 0.25) is 5.91 Å². The van der Waals surface area contributed by atoms with Gasteiger partial charge in [0.15, 0.2) is 0 Å². The topological polar surface area (TPSA) is 105 Å². The van der Waals surface area contributed by atoms with Crippen molar-refractivity contribution in [2.24, 2.45) is 11.3 Å². The molecule has 2 aromatic rings. The third kappa shape index (κ3) is 4.77. The maximum Gasteiger partial charge on any atom is 0.407 e. The van der Waals surface area contributed by atoms with Crippen LogP contribution in [-0.4, -0.2) is 42.3 Å². The third-order valence-corrected chi connectivity index (χ3v) is 8.07. The van der Waals surface area contributed by atoms with Crippen LogP contribution >= 0.6 is 0 Å². The van der Waals surface area contributed by atoms with Crippen molar-refractivity contribution >= 4 is 18.0 Å². The van der Waals surface area contributed by atoms with Gasteiger partial charge in [-0.15, -0.1) is 0 Å². The summed E-state index contributed by atoms with van der Waals surface area (Å²) >= 11 is 0. The second-order valence-corrected chi connectivity index (χ2v) is 10.3. The van der Waals surface area contributed by atoms with Crippen molar-refractivity contribution in [1.29, 1.82) is 0 Å². The SMILES string of the molecule is O=C(CC1CCC(NC(=O)OCC2c3ccccc3-c3ccccc32)C1)NCC1(C(=O)O)CCC1. The molecule has 2 fully saturated rings. The number of carboxylic acids is 1. The fourth-order valence-corrected chi connectivity index (χ4v) is 5.87. The molecule has 5 rings (SSSR count). The Bertz CT molecular complexity index is 1080. The largest absolute Gasteiger partial charge is 0.481 e. The van der Waals surface area contributed by atoms with Gasteiger partial charge in [0, 0.05) is 24.9 Å². The molecule has 0 aliphatic heterocycles. The summed E-state index contributed by atoms with van der Waals surface area (Å²) < 4.78 is 5.65. The van der Waals surface area contributed by atoms with E-state index in [4.69, 9.17) is 4.74 Å². The number of aliphatic carboxylic acids is 1. The lowest BCUT2D eigenvalue weighted by Crippen LogP contribution is -2.47. The van der Waals surface area contributed by atoms with Gasteiger partial charge >= 0.3 is 12.1 Å². The van der Waals surface area contributed by atoms with Gasteiger partial charge in [-0.3, -0.25) is 9.59 Å². The Kier molecular flexibility index (Phi) is 6.50. The zero-order chi connectivity index (χ0) is 24.4. The summed E-state index contributed by atoms with van der Waals surface area (Å²) in [6.07, 6.45) is 4.47. The first-order valence-electron chi connectivity index (χ1n) is 12.6. The highest BCUT2D eigenvalue weighted by molar-refractivity contribution is 5.80. The minimum Gasteiger partial charge on any atom is -0.481 e. The summed E-state index contributed by atoms with van der Waals surface area (Å²) in [5.41, 5.74) is 3.97. The van der Waals surface area contributed by atoms with Crippen LogP contribution in [-0.2, 0) is 14.3 Å². The van der Waals surface area contributed by atoms with Crippen LogP contribution < -0.4 is 10.6 Å². The van der Waals surface area contributed by atoms with Gasteiger partial charge in [0.1, 0.15) is 6.61 Å². The molecule has 35 heavy (non-hydrogen) atoms. The van der Waals surface area contributed by atoms with Gasteiger partial charge in [-0.2, -0.15) is 0 Å². The Balaban J connectivity index is 1.07. The number of benzene rings is 2. The lowest BCUT2D eigenvalue weighted by molar-refractivity contribution is -0.154. The number of fused-ring (bicyclic) bond motifs is 3. The molecule has 2 saturated carbocycles. The molecule has 0 bridgehead atoms. The quantitative estimate of drug-likeness (QED) is 0.522. The summed E-state index contributed by atoms with van der Waals surface area (Å²) in [6.45, 7) is 0.485. The van der Waals surface area contributed by atoms with Crippen LogP contribution in [0.15, 0.2) is 48.5 Å². The number of hydrogen-bond acceptors (Lipinski definition) is 4. The standard InChI is InChI=1S/C28H32N2O5/c31-25(29-17-28(26(32)33)12-5-13-28)15-18-10-11-19(14-18)30-27(34)35-16-24-22-8-3-1-6-20(22)21-7-2-4-9-23(21)24/h1-4,6-9,18-19,24H,5,10-17H2,(H,29,31)(H,30,34)(H,32,33). The monoisotopic (exact) mass is 476 g/mol. The predicted octanol–water partition coefficient (Wildman–Crippen LogP) is 4.46. The van der Waals surface area contributed by atoms with E-state index < -0.39 is 17.5 Å². The van der Waals surface area contributed by atoms with Crippen molar-refractivity contribution < 1.29 is 24.2 Å². The van der Waals surface area contributed by atoms with E-state index in [0.717, 1.165) is 25.7 Å². The van der Waals surface area contributed by atoms with E-state index in [0.29, 0.717) is 19.3 Å². The number of rotatable bonds is 8. The van der Waals surface area contributed by atoms with Crippen LogP contribution in [0.1, 0.15) is 62.0 Å². The first-order chi connectivity index (χ1) is 16.9. The van der Waals surface area contributed by atoms with E-state index in [2.05, 4.69) is 34.9 Å². The molecule has 2 aromatic carbocycles. The first kappa shape index (κ1) is 23.4. The number of nitrogens with one attached hydrogen (secondary N) is 2. The van der Waals surface area contributed by atoms with E-state index in [-0.39, 0.29) is 36.9 Å². The highest BCUT2D eigenvalue weighted by atomic mass is 16.5. The molecular weight excluding hydrogens is 444 g/mol. The maximum atomic E-state index is 12.6. The molecule has 3 N–H and O–H groups in total. The molecule has 7 nitrogen and oxygen atoms in total. The van der Waals surface area contributed by atoms with Gasteiger partial charge in [-0.1, -0.05) is 55.0 Å². The Hall–Kier alpha value is -3.35. The van der Waals surface area contributed by atoms with Gasteiger partial charge in [0.25, 0.3) is 0 Å². The van der Waals surface area contributed by atoms with Gasteiger partial charge in [0.05, 0.1) is 5.41 Å². The summed E-state index contributed by atoms with van der Waals surface area (Å²) in [5, 5.41) is 15.2. The Morgan fingerprint density at radius 2 is 1.63 bits per heavy atom. The van der Waals surface area contributed by atoms with Crippen LogP contribution in [0.25, 0.3) is 11.1 Å². The van der Waals surface area contributed by atoms with Gasteiger partial charge in [-0.25, -0.2) is 4.79 Å². The summed E-state index contributed by atoms with van der Waals surface area (Å²) in [5.74, 6) is -0.726. The highest BCUT2D eigenvalue weighted by Crippen LogP contribution is 2.44. The number of carbonyl (C=O) groups is 3. The molecule has 7 heteroatoms. The Morgan fingerprint density at radius 1 is 0.971 bits per heavy atom. The molecule has 0 saturated heterocycles. The summed E-state index contributed by atoms with van der Waals surface area (Å²) in [7, 11) is 0.